The molecule has 1 aromatic heterocycles. The Morgan fingerprint density at radius 2 is 2.10 bits per heavy atom. The first-order valence-corrected chi connectivity index (χ1v) is 6.49. The number of hydrogen-bond donors (Lipinski definition) is 2. The van der Waals surface area contributed by atoms with Crippen LogP contribution < -0.4 is 5.32 Å². The average molecular weight is 287 g/mol. The van der Waals surface area contributed by atoms with Gasteiger partial charge in [0.1, 0.15) is 0 Å². The number of aryl methyl sites for hydroxylation is 1. The van der Waals surface area contributed by atoms with E-state index in [9.17, 15) is 9.59 Å². The van der Waals surface area contributed by atoms with E-state index in [4.69, 9.17) is 9.63 Å². The number of aliphatic carboxylic acids is 1. The Bertz CT molecular complexity index is 710. The molecule has 1 aliphatic carbocycles. The Kier molecular flexibility index (Phi) is 3.17. The molecule has 2 aromatic rings. The maximum absolute atomic E-state index is 12.0. The lowest BCUT2D eigenvalue weighted by molar-refractivity contribution is -0.139. The molecular weight excluding hydrogens is 274 g/mol. The highest BCUT2D eigenvalue weighted by Crippen LogP contribution is 2.40. The summed E-state index contributed by atoms with van der Waals surface area (Å²) in [7, 11) is 0. The molecule has 1 fully saturated rings. The molecule has 3 rings (SSSR count). The third-order valence-corrected chi connectivity index (χ3v) is 3.39. The third kappa shape index (κ3) is 2.62. The van der Waals surface area contributed by atoms with Gasteiger partial charge in [-0.05, 0) is 25.5 Å². The van der Waals surface area contributed by atoms with Crippen molar-refractivity contribution in [3.8, 4) is 11.5 Å². The summed E-state index contributed by atoms with van der Waals surface area (Å²) < 4.78 is 5.10. The van der Waals surface area contributed by atoms with E-state index in [0.717, 1.165) is 0 Å². The third-order valence-electron chi connectivity index (χ3n) is 3.39. The Labute approximate surface area is 120 Å². The first-order chi connectivity index (χ1) is 10.1. The molecule has 1 heterocycles. The number of para-hydroxylation sites is 1. The van der Waals surface area contributed by atoms with Gasteiger partial charge in [0.15, 0.2) is 5.82 Å². The van der Waals surface area contributed by atoms with Gasteiger partial charge < -0.3 is 14.9 Å². The number of carbonyl (C=O) groups is 2. The number of nitrogens with zero attached hydrogens (tertiary/aromatic N) is 2. The molecule has 2 unspecified atom stereocenters. The fraction of sp³-hybridized carbons (Fsp3) is 0.286. The van der Waals surface area contributed by atoms with Crippen LogP contribution in [0.25, 0.3) is 11.5 Å². The summed E-state index contributed by atoms with van der Waals surface area (Å²) in [5.74, 6) is -1.47. The Hall–Kier alpha value is -2.70. The van der Waals surface area contributed by atoms with Crippen molar-refractivity contribution in [3.05, 3.63) is 30.1 Å². The average Bonchev–Trinajstić information content (AvgIpc) is 3.16. The van der Waals surface area contributed by atoms with Gasteiger partial charge >= 0.3 is 5.97 Å². The van der Waals surface area contributed by atoms with Crippen LogP contribution in [-0.2, 0) is 9.59 Å². The van der Waals surface area contributed by atoms with Gasteiger partial charge in [-0.15, -0.1) is 0 Å². The van der Waals surface area contributed by atoms with E-state index in [1.165, 1.54) is 0 Å². The molecule has 0 radical (unpaired) electrons. The molecule has 0 saturated heterocycles. The molecule has 1 aliphatic rings. The summed E-state index contributed by atoms with van der Waals surface area (Å²) in [6.45, 7) is 1.70. The van der Waals surface area contributed by atoms with E-state index >= 15 is 0 Å². The van der Waals surface area contributed by atoms with Crippen molar-refractivity contribution in [1.82, 2.24) is 10.1 Å². The summed E-state index contributed by atoms with van der Waals surface area (Å²) >= 11 is 0. The van der Waals surface area contributed by atoms with Crippen LogP contribution in [0.5, 0.6) is 0 Å². The van der Waals surface area contributed by atoms with Gasteiger partial charge in [-0.2, -0.15) is 4.98 Å². The molecule has 108 valence electrons. The number of aromatic nitrogens is 2. The number of carboxylic acid groups (broad SMARTS) is 1. The van der Waals surface area contributed by atoms with Crippen molar-refractivity contribution in [1.29, 1.82) is 0 Å². The minimum absolute atomic E-state index is 0.300. The summed E-state index contributed by atoms with van der Waals surface area (Å²) in [4.78, 5) is 27.0. The summed E-state index contributed by atoms with van der Waals surface area (Å²) in [5, 5.41) is 15.3. The largest absolute Gasteiger partial charge is 0.481 e. The quantitative estimate of drug-likeness (QED) is 0.886. The first kappa shape index (κ1) is 13.3. The SMILES string of the molecule is Cc1noc(-c2ccccc2NC(=O)C2CC2C(=O)O)n1. The number of nitrogens with one attached hydrogen (secondary N) is 1. The van der Waals surface area contributed by atoms with Crippen molar-refractivity contribution < 1.29 is 19.2 Å². The van der Waals surface area contributed by atoms with Crippen LogP contribution >= 0.6 is 0 Å². The topological polar surface area (TPSA) is 105 Å². The van der Waals surface area contributed by atoms with Crippen molar-refractivity contribution in [2.24, 2.45) is 11.8 Å². The van der Waals surface area contributed by atoms with Gasteiger partial charge in [-0.3, -0.25) is 9.59 Å². The van der Waals surface area contributed by atoms with Crippen LogP contribution in [0.15, 0.2) is 28.8 Å². The molecule has 0 bridgehead atoms. The molecule has 21 heavy (non-hydrogen) atoms. The van der Waals surface area contributed by atoms with E-state index in [-0.39, 0.29) is 5.91 Å². The summed E-state index contributed by atoms with van der Waals surface area (Å²) in [6, 6.07) is 7.03. The van der Waals surface area contributed by atoms with Crippen molar-refractivity contribution in [2.45, 2.75) is 13.3 Å². The molecule has 2 N–H and O–H groups in total. The van der Waals surface area contributed by atoms with Crippen molar-refractivity contribution in [2.75, 3.05) is 5.32 Å². The second-order valence-corrected chi connectivity index (χ2v) is 4.97. The van der Waals surface area contributed by atoms with E-state index in [1.807, 2.05) is 0 Å². The summed E-state index contributed by atoms with van der Waals surface area (Å²) in [5.41, 5.74) is 1.14. The normalized spacial score (nSPS) is 20.0. The predicted octanol–water partition coefficient (Wildman–Crippen LogP) is 1.70. The van der Waals surface area contributed by atoms with Gasteiger partial charge in [-0.1, -0.05) is 17.3 Å². The standard InChI is InChI=1S/C14H13N3O4/c1-7-15-13(21-17-7)8-4-2-3-5-11(8)16-12(18)9-6-10(9)14(19)20/h2-5,9-10H,6H2,1H3,(H,16,18)(H,19,20). The van der Waals surface area contributed by atoms with Gasteiger partial charge in [0.05, 0.1) is 23.1 Å². The van der Waals surface area contributed by atoms with Crippen LogP contribution in [0.4, 0.5) is 5.69 Å². The number of amides is 1. The Balaban J connectivity index is 1.80. The number of benzene rings is 1. The molecule has 0 aliphatic heterocycles. The van der Waals surface area contributed by atoms with Crippen LogP contribution in [0.1, 0.15) is 12.2 Å². The smallest absolute Gasteiger partial charge is 0.307 e. The minimum Gasteiger partial charge on any atom is -0.481 e. The lowest BCUT2D eigenvalue weighted by Crippen LogP contribution is -2.17. The van der Waals surface area contributed by atoms with Crippen LogP contribution in [0.2, 0.25) is 0 Å². The maximum Gasteiger partial charge on any atom is 0.307 e. The lowest BCUT2D eigenvalue weighted by atomic mass is 10.1. The van der Waals surface area contributed by atoms with Crippen molar-refractivity contribution in [3.63, 3.8) is 0 Å². The molecule has 1 aromatic carbocycles. The van der Waals surface area contributed by atoms with Crippen molar-refractivity contribution >= 4 is 17.6 Å². The predicted molar refractivity (Wildman–Crippen MR) is 72.3 cm³/mol. The first-order valence-electron chi connectivity index (χ1n) is 6.49. The number of rotatable bonds is 4. The fourth-order valence-corrected chi connectivity index (χ4v) is 2.17. The molecule has 0 spiro atoms. The molecule has 1 amide bonds. The van der Waals surface area contributed by atoms with E-state index < -0.39 is 17.8 Å². The summed E-state index contributed by atoms with van der Waals surface area (Å²) in [6.07, 6.45) is 0.378. The number of carbonyl (C=O) groups excluding carboxylic acids is 1. The number of anilines is 1. The highest BCUT2D eigenvalue weighted by molar-refractivity contribution is 6.00. The van der Waals surface area contributed by atoms with Gasteiger partial charge in [0.2, 0.25) is 5.91 Å². The van der Waals surface area contributed by atoms with E-state index in [2.05, 4.69) is 15.5 Å². The molecule has 7 heteroatoms. The number of hydrogen-bond acceptors (Lipinski definition) is 5. The van der Waals surface area contributed by atoms with Gasteiger partial charge in [0.25, 0.3) is 5.89 Å². The zero-order valence-electron chi connectivity index (χ0n) is 11.2. The zero-order chi connectivity index (χ0) is 15.0. The highest BCUT2D eigenvalue weighted by Gasteiger charge is 2.48. The van der Waals surface area contributed by atoms with Gasteiger partial charge in [0, 0.05) is 0 Å². The van der Waals surface area contributed by atoms with Gasteiger partial charge in [-0.25, -0.2) is 0 Å². The lowest BCUT2D eigenvalue weighted by Gasteiger charge is -2.07. The van der Waals surface area contributed by atoms with E-state index in [1.54, 1.807) is 31.2 Å². The zero-order valence-corrected chi connectivity index (χ0v) is 11.2. The number of carboxylic acids is 1. The highest BCUT2D eigenvalue weighted by atomic mass is 16.5. The molecule has 7 nitrogen and oxygen atoms in total. The molecule has 1 saturated carbocycles. The second kappa shape index (κ2) is 5.01. The fourth-order valence-electron chi connectivity index (χ4n) is 2.17. The Morgan fingerprint density at radius 1 is 1.33 bits per heavy atom. The minimum atomic E-state index is -0.934. The Morgan fingerprint density at radius 3 is 2.71 bits per heavy atom. The van der Waals surface area contributed by atoms with Crippen LogP contribution in [0.3, 0.4) is 0 Å². The van der Waals surface area contributed by atoms with E-state index in [0.29, 0.717) is 29.4 Å². The van der Waals surface area contributed by atoms with Crippen LogP contribution in [-0.4, -0.2) is 27.1 Å². The van der Waals surface area contributed by atoms with Crippen LogP contribution in [0, 0.1) is 18.8 Å². The molecule has 2 atom stereocenters. The second-order valence-electron chi connectivity index (χ2n) is 4.97. The monoisotopic (exact) mass is 287 g/mol. The maximum atomic E-state index is 12.0. The molecular formula is C14H13N3O4.